The lowest BCUT2D eigenvalue weighted by Gasteiger charge is -2.06. The van der Waals surface area contributed by atoms with Crippen molar-refractivity contribution in [2.24, 2.45) is 5.73 Å². The molecule has 2 nitrogen and oxygen atoms in total. The maximum atomic E-state index is 6.23. The van der Waals surface area contributed by atoms with Crippen LogP contribution in [0.5, 0.6) is 0 Å². The van der Waals surface area contributed by atoms with Crippen LogP contribution in [0.4, 0.5) is 0 Å². The van der Waals surface area contributed by atoms with Crippen LogP contribution in [0.1, 0.15) is 16.7 Å². The Labute approximate surface area is 131 Å². The zero-order valence-electron chi connectivity index (χ0n) is 9.90. The van der Waals surface area contributed by atoms with E-state index < -0.39 is 0 Å². The standard InChI is InChI=1S/C14H11Br2NOS/c15-9-5-10(19-7-9)6-12(17)13-4-8-2-1-3-11(16)14(8)18-13/h1-5,7,12H,6,17H2. The van der Waals surface area contributed by atoms with E-state index in [-0.39, 0.29) is 6.04 Å². The summed E-state index contributed by atoms with van der Waals surface area (Å²) in [5, 5.41) is 3.14. The van der Waals surface area contributed by atoms with Gasteiger partial charge in [-0.25, -0.2) is 0 Å². The van der Waals surface area contributed by atoms with E-state index in [9.17, 15) is 0 Å². The number of para-hydroxylation sites is 1. The molecule has 0 aliphatic heterocycles. The Morgan fingerprint density at radius 2 is 2.11 bits per heavy atom. The van der Waals surface area contributed by atoms with Crippen LogP contribution in [0.25, 0.3) is 11.0 Å². The monoisotopic (exact) mass is 399 g/mol. The summed E-state index contributed by atoms with van der Waals surface area (Å²) in [5.41, 5.74) is 7.09. The average Bonchev–Trinajstić information content (AvgIpc) is 2.96. The van der Waals surface area contributed by atoms with Crippen molar-refractivity contribution < 1.29 is 4.42 Å². The predicted octanol–water partition coefficient (Wildman–Crippen LogP) is 5.26. The van der Waals surface area contributed by atoms with E-state index in [1.807, 2.05) is 24.3 Å². The molecule has 0 amide bonds. The van der Waals surface area contributed by atoms with E-state index in [1.165, 1.54) is 4.88 Å². The number of rotatable bonds is 3. The molecule has 0 aliphatic rings. The first-order chi connectivity index (χ1) is 9.13. The van der Waals surface area contributed by atoms with Gasteiger partial charge in [0.25, 0.3) is 0 Å². The minimum absolute atomic E-state index is 0.121. The number of hydrogen-bond acceptors (Lipinski definition) is 3. The normalized spacial score (nSPS) is 13.0. The minimum atomic E-state index is -0.121. The van der Waals surface area contributed by atoms with E-state index in [1.54, 1.807) is 11.3 Å². The molecule has 1 aromatic carbocycles. The molecule has 19 heavy (non-hydrogen) atoms. The van der Waals surface area contributed by atoms with E-state index in [4.69, 9.17) is 10.2 Å². The SMILES string of the molecule is NC(Cc1cc(Br)cs1)c1cc2cccc(Br)c2o1. The Kier molecular flexibility index (Phi) is 3.80. The lowest BCUT2D eigenvalue weighted by molar-refractivity contribution is 0.494. The molecule has 0 saturated heterocycles. The first-order valence-corrected chi connectivity index (χ1v) is 8.26. The average molecular weight is 401 g/mol. The summed E-state index contributed by atoms with van der Waals surface area (Å²) in [6, 6.07) is 9.99. The van der Waals surface area contributed by atoms with Gasteiger partial charge in [0.2, 0.25) is 0 Å². The highest BCUT2D eigenvalue weighted by atomic mass is 79.9. The highest BCUT2D eigenvalue weighted by molar-refractivity contribution is 9.11. The first kappa shape index (κ1) is 13.4. The maximum absolute atomic E-state index is 6.23. The minimum Gasteiger partial charge on any atom is -0.458 e. The molecule has 1 atom stereocenters. The third kappa shape index (κ3) is 2.79. The van der Waals surface area contributed by atoms with E-state index in [0.717, 1.165) is 32.1 Å². The van der Waals surface area contributed by atoms with Gasteiger partial charge in [-0.05, 0) is 50.1 Å². The third-order valence-corrected chi connectivity index (χ3v) is 5.27. The Balaban J connectivity index is 1.89. The van der Waals surface area contributed by atoms with Gasteiger partial charge in [0, 0.05) is 26.5 Å². The summed E-state index contributed by atoms with van der Waals surface area (Å²) in [4.78, 5) is 1.25. The molecule has 2 aromatic heterocycles. The molecule has 98 valence electrons. The number of halogens is 2. The fraction of sp³-hybridized carbons (Fsp3) is 0.143. The van der Waals surface area contributed by atoms with Crippen molar-refractivity contribution in [3.05, 3.63) is 55.3 Å². The van der Waals surface area contributed by atoms with Crippen LogP contribution >= 0.6 is 43.2 Å². The number of benzene rings is 1. The van der Waals surface area contributed by atoms with Crippen molar-refractivity contribution in [1.29, 1.82) is 0 Å². The van der Waals surface area contributed by atoms with Crippen LogP contribution in [0, 0.1) is 0 Å². The summed E-state index contributed by atoms with van der Waals surface area (Å²) in [5.74, 6) is 0.825. The van der Waals surface area contributed by atoms with Gasteiger partial charge < -0.3 is 10.2 Å². The molecule has 3 aromatic rings. The lowest BCUT2D eigenvalue weighted by Crippen LogP contribution is -2.11. The molecule has 2 N–H and O–H groups in total. The fourth-order valence-electron chi connectivity index (χ4n) is 2.01. The van der Waals surface area contributed by atoms with Gasteiger partial charge in [0.05, 0.1) is 10.5 Å². The molecule has 2 heterocycles. The van der Waals surface area contributed by atoms with Crippen molar-refractivity contribution in [1.82, 2.24) is 0 Å². The van der Waals surface area contributed by atoms with Crippen molar-refractivity contribution in [3.8, 4) is 0 Å². The van der Waals surface area contributed by atoms with E-state index in [0.29, 0.717) is 0 Å². The van der Waals surface area contributed by atoms with Gasteiger partial charge in [-0.3, -0.25) is 0 Å². The largest absolute Gasteiger partial charge is 0.458 e. The van der Waals surface area contributed by atoms with Gasteiger partial charge in [-0.1, -0.05) is 12.1 Å². The molecule has 0 radical (unpaired) electrons. The number of nitrogens with two attached hydrogens (primary N) is 1. The third-order valence-electron chi connectivity index (χ3n) is 2.92. The van der Waals surface area contributed by atoms with Gasteiger partial charge in [-0.15, -0.1) is 11.3 Å². The Morgan fingerprint density at radius 3 is 2.79 bits per heavy atom. The molecule has 0 saturated carbocycles. The van der Waals surface area contributed by atoms with Crippen molar-refractivity contribution in [2.45, 2.75) is 12.5 Å². The van der Waals surface area contributed by atoms with Crippen LogP contribution in [0.2, 0.25) is 0 Å². The van der Waals surface area contributed by atoms with Gasteiger partial charge in [0.1, 0.15) is 11.3 Å². The second-order valence-electron chi connectivity index (χ2n) is 4.35. The number of hydrogen-bond donors (Lipinski definition) is 1. The number of fused-ring (bicyclic) bond motifs is 1. The van der Waals surface area contributed by atoms with Crippen molar-refractivity contribution in [3.63, 3.8) is 0 Å². The van der Waals surface area contributed by atoms with E-state index >= 15 is 0 Å². The second kappa shape index (κ2) is 5.40. The second-order valence-corrected chi connectivity index (χ2v) is 7.11. The molecule has 0 spiro atoms. The van der Waals surface area contributed by atoms with Crippen LogP contribution in [0.3, 0.4) is 0 Å². The Bertz CT molecular complexity index is 719. The zero-order valence-corrected chi connectivity index (χ0v) is 13.9. The van der Waals surface area contributed by atoms with E-state index in [2.05, 4.69) is 43.3 Å². The molecule has 5 heteroatoms. The molecule has 0 bridgehead atoms. The molecular weight excluding hydrogens is 390 g/mol. The van der Waals surface area contributed by atoms with Gasteiger partial charge in [-0.2, -0.15) is 0 Å². The van der Waals surface area contributed by atoms with Crippen LogP contribution < -0.4 is 5.73 Å². The summed E-state index contributed by atoms with van der Waals surface area (Å²) in [6.07, 6.45) is 0.785. The highest BCUT2D eigenvalue weighted by Crippen LogP contribution is 2.31. The topological polar surface area (TPSA) is 39.2 Å². The predicted molar refractivity (Wildman–Crippen MR) is 86.6 cm³/mol. The molecule has 0 aliphatic carbocycles. The number of thiophene rings is 1. The maximum Gasteiger partial charge on any atom is 0.148 e. The lowest BCUT2D eigenvalue weighted by atomic mass is 10.1. The summed E-state index contributed by atoms with van der Waals surface area (Å²) < 4.78 is 7.92. The summed E-state index contributed by atoms with van der Waals surface area (Å²) >= 11 is 8.65. The van der Waals surface area contributed by atoms with Crippen LogP contribution in [0.15, 0.2) is 49.1 Å². The zero-order chi connectivity index (χ0) is 13.4. The fourth-order valence-corrected chi connectivity index (χ4v) is 3.98. The summed E-state index contributed by atoms with van der Waals surface area (Å²) in [6.45, 7) is 0. The van der Waals surface area contributed by atoms with Gasteiger partial charge in [0.15, 0.2) is 0 Å². The smallest absolute Gasteiger partial charge is 0.148 e. The van der Waals surface area contributed by atoms with Gasteiger partial charge >= 0.3 is 0 Å². The highest BCUT2D eigenvalue weighted by Gasteiger charge is 2.14. The molecular formula is C14H11Br2NOS. The summed E-state index contributed by atoms with van der Waals surface area (Å²) in [7, 11) is 0. The Morgan fingerprint density at radius 1 is 1.26 bits per heavy atom. The Hall–Kier alpha value is -0.620. The quantitative estimate of drug-likeness (QED) is 0.650. The molecule has 1 unspecified atom stereocenters. The first-order valence-electron chi connectivity index (χ1n) is 5.80. The molecule has 0 fully saturated rings. The molecule has 3 rings (SSSR count). The van der Waals surface area contributed by atoms with Crippen LogP contribution in [-0.4, -0.2) is 0 Å². The number of furan rings is 1. The van der Waals surface area contributed by atoms with Crippen LogP contribution in [-0.2, 0) is 6.42 Å². The van der Waals surface area contributed by atoms with Crippen molar-refractivity contribution >= 4 is 54.2 Å². The van der Waals surface area contributed by atoms with Crippen molar-refractivity contribution in [2.75, 3.05) is 0 Å².